The van der Waals surface area contributed by atoms with Gasteiger partial charge in [0.1, 0.15) is 6.54 Å². The summed E-state index contributed by atoms with van der Waals surface area (Å²) in [7, 11) is 0. The molecule has 0 bridgehead atoms. The van der Waals surface area contributed by atoms with Crippen LogP contribution in [-0.2, 0) is 4.79 Å². The van der Waals surface area contributed by atoms with Gasteiger partial charge in [-0.1, -0.05) is 6.92 Å². The van der Waals surface area contributed by atoms with E-state index in [2.05, 4.69) is 0 Å². The molecule has 0 radical (unpaired) electrons. The molecule has 0 aromatic heterocycles. The molecule has 8 nitrogen and oxygen atoms in total. The van der Waals surface area contributed by atoms with E-state index in [-0.39, 0.29) is 35.3 Å². The van der Waals surface area contributed by atoms with Crippen LogP contribution in [-0.4, -0.2) is 51.6 Å². The van der Waals surface area contributed by atoms with Crippen LogP contribution in [0.1, 0.15) is 53.3 Å². The zero-order chi connectivity index (χ0) is 18.1. The Morgan fingerprint density at radius 2 is 1.96 bits per heavy atom. The summed E-state index contributed by atoms with van der Waals surface area (Å²) in [6, 6.07) is 3.69. The lowest BCUT2D eigenvalue weighted by atomic mass is 10.00. The van der Waals surface area contributed by atoms with E-state index >= 15 is 0 Å². The van der Waals surface area contributed by atoms with Crippen molar-refractivity contribution >= 4 is 23.4 Å². The molecule has 0 spiro atoms. The molecule has 0 aliphatic carbocycles. The summed E-state index contributed by atoms with van der Waals surface area (Å²) in [5.41, 5.74) is -0.165. The van der Waals surface area contributed by atoms with E-state index in [1.54, 1.807) is 4.90 Å². The first-order valence-electron chi connectivity index (χ1n) is 8.38. The van der Waals surface area contributed by atoms with Crippen molar-refractivity contribution in [3.8, 4) is 0 Å². The third kappa shape index (κ3) is 2.99. The van der Waals surface area contributed by atoms with E-state index in [4.69, 9.17) is 0 Å². The molecule has 1 saturated heterocycles. The molecule has 1 aromatic carbocycles. The van der Waals surface area contributed by atoms with Crippen molar-refractivity contribution in [2.45, 2.75) is 38.6 Å². The molecular formula is C17H19N3O5. The first-order valence-corrected chi connectivity index (χ1v) is 8.38. The fourth-order valence-corrected chi connectivity index (χ4v) is 3.52. The number of non-ortho nitro benzene ring substituents is 1. The highest BCUT2D eigenvalue weighted by molar-refractivity contribution is 6.22. The van der Waals surface area contributed by atoms with Gasteiger partial charge in [-0.15, -0.1) is 0 Å². The van der Waals surface area contributed by atoms with Gasteiger partial charge in [0.2, 0.25) is 5.91 Å². The predicted octanol–water partition coefficient (Wildman–Crippen LogP) is 1.98. The fourth-order valence-electron chi connectivity index (χ4n) is 3.52. The molecule has 1 atom stereocenters. The summed E-state index contributed by atoms with van der Waals surface area (Å²) < 4.78 is 0. The highest BCUT2D eigenvalue weighted by Gasteiger charge is 2.39. The van der Waals surface area contributed by atoms with Gasteiger partial charge in [0, 0.05) is 24.7 Å². The van der Waals surface area contributed by atoms with Gasteiger partial charge in [0.15, 0.2) is 0 Å². The second-order valence-electron chi connectivity index (χ2n) is 6.33. The molecule has 132 valence electrons. The number of carbonyl (C=O) groups is 3. The summed E-state index contributed by atoms with van der Waals surface area (Å²) in [5, 5.41) is 10.9. The number of imide groups is 1. The van der Waals surface area contributed by atoms with Crippen molar-refractivity contribution in [3.63, 3.8) is 0 Å². The Morgan fingerprint density at radius 1 is 1.24 bits per heavy atom. The second kappa shape index (κ2) is 6.62. The number of piperidine rings is 1. The highest BCUT2D eigenvalue weighted by atomic mass is 16.6. The van der Waals surface area contributed by atoms with Gasteiger partial charge in [-0.05, 0) is 31.7 Å². The van der Waals surface area contributed by atoms with Crippen LogP contribution in [0, 0.1) is 10.1 Å². The normalized spacial score (nSPS) is 20.0. The third-order valence-electron chi connectivity index (χ3n) is 4.88. The van der Waals surface area contributed by atoms with Crippen LogP contribution < -0.4 is 0 Å². The van der Waals surface area contributed by atoms with Gasteiger partial charge >= 0.3 is 0 Å². The molecule has 2 aliphatic heterocycles. The number of nitro benzene ring substituents is 1. The summed E-state index contributed by atoms with van der Waals surface area (Å²) in [5.74, 6) is -1.48. The number of benzene rings is 1. The lowest BCUT2D eigenvalue weighted by molar-refractivity contribution is -0.384. The number of hydrogen-bond acceptors (Lipinski definition) is 5. The van der Waals surface area contributed by atoms with Crippen molar-refractivity contribution in [1.82, 2.24) is 9.80 Å². The largest absolute Gasteiger partial charge is 0.338 e. The van der Waals surface area contributed by atoms with E-state index in [1.165, 1.54) is 12.1 Å². The molecule has 3 amide bonds. The molecule has 3 rings (SSSR count). The maximum Gasteiger partial charge on any atom is 0.270 e. The zero-order valence-corrected chi connectivity index (χ0v) is 13.9. The minimum absolute atomic E-state index is 0.0160. The van der Waals surface area contributed by atoms with Crippen LogP contribution in [0.4, 0.5) is 5.69 Å². The van der Waals surface area contributed by atoms with Crippen LogP contribution in [0.15, 0.2) is 18.2 Å². The van der Waals surface area contributed by atoms with Crippen molar-refractivity contribution in [2.24, 2.45) is 0 Å². The molecule has 1 aromatic rings. The summed E-state index contributed by atoms with van der Waals surface area (Å²) in [4.78, 5) is 50.4. The molecule has 1 fully saturated rings. The molecule has 2 aliphatic rings. The second-order valence-corrected chi connectivity index (χ2v) is 6.33. The van der Waals surface area contributed by atoms with Crippen molar-refractivity contribution in [3.05, 3.63) is 39.4 Å². The molecule has 2 heterocycles. The molecule has 8 heteroatoms. The maximum absolute atomic E-state index is 12.6. The zero-order valence-electron chi connectivity index (χ0n) is 13.9. The fraction of sp³-hybridized carbons (Fsp3) is 0.471. The van der Waals surface area contributed by atoms with Crippen molar-refractivity contribution in [1.29, 1.82) is 0 Å². The topological polar surface area (TPSA) is 101 Å². The minimum atomic E-state index is -0.651. The third-order valence-corrected chi connectivity index (χ3v) is 4.88. The summed E-state index contributed by atoms with van der Waals surface area (Å²) in [6.07, 6.45) is 3.74. The average Bonchev–Trinajstić information content (AvgIpc) is 2.86. The van der Waals surface area contributed by atoms with Gasteiger partial charge in [-0.25, -0.2) is 0 Å². The monoisotopic (exact) mass is 345 g/mol. The molecule has 1 unspecified atom stereocenters. The lowest BCUT2D eigenvalue weighted by Gasteiger charge is -2.36. The molecular weight excluding hydrogens is 326 g/mol. The van der Waals surface area contributed by atoms with Gasteiger partial charge in [-0.3, -0.25) is 29.4 Å². The Bertz CT molecular complexity index is 761. The number of likely N-dealkylation sites (tertiary alicyclic amines) is 1. The lowest BCUT2D eigenvalue weighted by Crippen LogP contribution is -2.48. The van der Waals surface area contributed by atoms with Crippen molar-refractivity contribution in [2.75, 3.05) is 13.1 Å². The highest BCUT2D eigenvalue weighted by Crippen LogP contribution is 2.27. The van der Waals surface area contributed by atoms with E-state index < -0.39 is 16.7 Å². The molecule has 25 heavy (non-hydrogen) atoms. The number of fused-ring (bicyclic) bond motifs is 1. The summed E-state index contributed by atoms with van der Waals surface area (Å²) in [6.45, 7) is 2.32. The Balaban J connectivity index is 1.79. The van der Waals surface area contributed by atoms with Crippen LogP contribution >= 0.6 is 0 Å². The minimum Gasteiger partial charge on any atom is -0.338 e. The Labute approximate surface area is 144 Å². The smallest absolute Gasteiger partial charge is 0.270 e. The predicted molar refractivity (Wildman–Crippen MR) is 88.1 cm³/mol. The van der Waals surface area contributed by atoms with Gasteiger partial charge in [-0.2, -0.15) is 0 Å². The quantitative estimate of drug-likeness (QED) is 0.472. The number of nitro groups is 1. The average molecular weight is 345 g/mol. The summed E-state index contributed by atoms with van der Waals surface area (Å²) >= 11 is 0. The van der Waals surface area contributed by atoms with Gasteiger partial charge < -0.3 is 4.90 Å². The first-order chi connectivity index (χ1) is 11.9. The van der Waals surface area contributed by atoms with Crippen LogP contribution in [0.2, 0.25) is 0 Å². The number of hydrogen-bond donors (Lipinski definition) is 0. The Morgan fingerprint density at radius 3 is 2.64 bits per heavy atom. The first kappa shape index (κ1) is 17.1. The van der Waals surface area contributed by atoms with Crippen molar-refractivity contribution < 1.29 is 19.3 Å². The van der Waals surface area contributed by atoms with E-state index in [0.717, 1.165) is 36.6 Å². The van der Waals surface area contributed by atoms with Gasteiger partial charge in [0.05, 0.1) is 16.1 Å². The maximum atomic E-state index is 12.6. The number of carbonyl (C=O) groups excluding carboxylic acids is 3. The number of rotatable bonds is 4. The Kier molecular flexibility index (Phi) is 4.52. The standard InChI is InChI=1S/C17H19N3O5/c1-2-11-5-3-4-8-18(11)15(21)10-19-16(22)13-7-6-12(20(24)25)9-14(13)17(19)23/h6-7,9,11H,2-5,8,10H2,1H3. The molecule has 0 saturated carbocycles. The van der Waals surface area contributed by atoms with E-state index in [9.17, 15) is 24.5 Å². The SMILES string of the molecule is CCC1CCCCN1C(=O)CN1C(=O)c2ccc([N+](=O)[O-])cc2C1=O. The Hall–Kier alpha value is -2.77. The van der Waals surface area contributed by atoms with E-state index in [1.807, 2.05) is 6.92 Å². The van der Waals surface area contributed by atoms with Gasteiger partial charge in [0.25, 0.3) is 17.5 Å². The van der Waals surface area contributed by atoms with Crippen LogP contribution in [0.25, 0.3) is 0 Å². The van der Waals surface area contributed by atoms with Crippen LogP contribution in [0.3, 0.4) is 0 Å². The number of amides is 3. The van der Waals surface area contributed by atoms with Crippen LogP contribution in [0.5, 0.6) is 0 Å². The van der Waals surface area contributed by atoms with E-state index in [0.29, 0.717) is 6.54 Å². The molecule has 0 N–H and O–H groups in total. The number of nitrogens with zero attached hydrogens (tertiary/aromatic N) is 3.